The molecule has 0 aromatic heterocycles. The van der Waals surface area contributed by atoms with Gasteiger partial charge in [0, 0.05) is 6.54 Å². The zero-order chi connectivity index (χ0) is 18.2. The van der Waals surface area contributed by atoms with Gasteiger partial charge in [-0.1, -0.05) is 36.4 Å². The predicted octanol–water partition coefficient (Wildman–Crippen LogP) is 4.97. The summed E-state index contributed by atoms with van der Waals surface area (Å²) in [6.45, 7) is 3.04. The lowest BCUT2D eigenvalue weighted by Gasteiger charge is -2.39. The highest BCUT2D eigenvalue weighted by Crippen LogP contribution is 2.45. The molecule has 0 radical (unpaired) electrons. The number of halogens is 3. The standard InChI is InChI=1S/C21H22F3NO/c22-21(23,24)26-19-7-6-17-13-20(14-18(17)12-19)8-10-25(11-9-20)15-16-4-2-1-3-5-16/h1-7,12H,8-11,13-15H2. The molecule has 0 atom stereocenters. The van der Waals surface area contributed by atoms with Crippen LogP contribution in [0.25, 0.3) is 0 Å². The predicted molar refractivity (Wildman–Crippen MR) is 93.9 cm³/mol. The van der Waals surface area contributed by atoms with E-state index in [1.807, 2.05) is 12.1 Å². The Labute approximate surface area is 151 Å². The summed E-state index contributed by atoms with van der Waals surface area (Å²) < 4.78 is 41.4. The van der Waals surface area contributed by atoms with E-state index in [-0.39, 0.29) is 11.2 Å². The molecule has 2 nitrogen and oxygen atoms in total. The Balaban J connectivity index is 1.39. The first kappa shape index (κ1) is 17.4. The van der Waals surface area contributed by atoms with Crippen LogP contribution in [0.15, 0.2) is 48.5 Å². The van der Waals surface area contributed by atoms with E-state index in [1.54, 1.807) is 6.07 Å². The van der Waals surface area contributed by atoms with Crippen molar-refractivity contribution in [1.29, 1.82) is 0 Å². The SMILES string of the molecule is FC(F)(F)Oc1ccc2c(c1)CC1(CCN(Cc3ccccc3)CC1)C2. The van der Waals surface area contributed by atoms with Gasteiger partial charge in [-0.25, -0.2) is 0 Å². The number of alkyl halides is 3. The van der Waals surface area contributed by atoms with Crippen LogP contribution in [0.4, 0.5) is 13.2 Å². The summed E-state index contributed by atoms with van der Waals surface area (Å²) in [6.07, 6.45) is -0.633. The van der Waals surface area contributed by atoms with E-state index >= 15 is 0 Å². The highest BCUT2D eigenvalue weighted by atomic mass is 19.4. The Morgan fingerprint density at radius 1 is 0.923 bits per heavy atom. The van der Waals surface area contributed by atoms with Crippen LogP contribution in [0.1, 0.15) is 29.5 Å². The van der Waals surface area contributed by atoms with Crippen molar-refractivity contribution in [3.8, 4) is 5.75 Å². The number of nitrogens with zero attached hydrogens (tertiary/aromatic N) is 1. The summed E-state index contributed by atoms with van der Waals surface area (Å²) >= 11 is 0. The molecule has 0 N–H and O–H groups in total. The smallest absolute Gasteiger partial charge is 0.406 e. The van der Waals surface area contributed by atoms with Crippen molar-refractivity contribution < 1.29 is 17.9 Å². The molecule has 2 aromatic carbocycles. The van der Waals surface area contributed by atoms with Crippen LogP contribution in [0.2, 0.25) is 0 Å². The molecule has 4 rings (SSSR count). The quantitative estimate of drug-likeness (QED) is 0.766. The molecule has 5 heteroatoms. The fourth-order valence-corrected chi connectivity index (χ4v) is 4.39. The zero-order valence-corrected chi connectivity index (χ0v) is 14.6. The minimum atomic E-state index is -4.63. The van der Waals surface area contributed by atoms with Crippen molar-refractivity contribution in [2.45, 2.75) is 38.6 Å². The van der Waals surface area contributed by atoms with Crippen LogP contribution in [-0.2, 0) is 19.4 Å². The zero-order valence-electron chi connectivity index (χ0n) is 14.6. The molecule has 26 heavy (non-hydrogen) atoms. The first-order chi connectivity index (χ1) is 12.4. The van der Waals surface area contributed by atoms with Gasteiger partial charge < -0.3 is 4.74 Å². The van der Waals surface area contributed by atoms with E-state index in [4.69, 9.17) is 0 Å². The van der Waals surface area contributed by atoms with Gasteiger partial charge in [-0.15, -0.1) is 13.2 Å². The number of fused-ring (bicyclic) bond motifs is 1. The number of rotatable bonds is 3. The molecule has 0 amide bonds. The van der Waals surface area contributed by atoms with Gasteiger partial charge in [0.15, 0.2) is 0 Å². The maximum Gasteiger partial charge on any atom is 0.573 e. The molecule has 2 aromatic rings. The summed E-state index contributed by atoms with van der Waals surface area (Å²) in [7, 11) is 0. The summed E-state index contributed by atoms with van der Waals surface area (Å²) in [6, 6.07) is 15.3. The van der Waals surface area contributed by atoms with Crippen molar-refractivity contribution in [1.82, 2.24) is 4.90 Å². The Morgan fingerprint density at radius 3 is 2.31 bits per heavy atom. The van der Waals surface area contributed by atoms with Crippen molar-refractivity contribution in [2.24, 2.45) is 5.41 Å². The van der Waals surface area contributed by atoms with Gasteiger partial charge >= 0.3 is 6.36 Å². The van der Waals surface area contributed by atoms with Gasteiger partial charge in [-0.3, -0.25) is 4.90 Å². The molecular formula is C21H22F3NO. The molecule has 1 fully saturated rings. The van der Waals surface area contributed by atoms with Crippen molar-refractivity contribution in [3.63, 3.8) is 0 Å². The largest absolute Gasteiger partial charge is 0.573 e. The minimum absolute atomic E-state index is 0.102. The number of likely N-dealkylation sites (tertiary alicyclic amines) is 1. The summed E-state index contributed by atoms with van der Waals surface area (Å²) in [5.74, 6) is -0.102. The number of benzene rings is 2. The normalized spacial score (nSPS) is 19.5. The lowest BCUT2D eigenvalue weighted by molar-refractivity contribution is -0.274. The van der Waals surface area contributed by atoms with Crippen molar-refractivity contribution in [2.75, 3.05) is 13.1 Å². The van der Waals surface area contributed by atoms with E-state index in [0.29, 0.717) is 0 Å². The first-order valence-corrected chi connectivity index (χ1v) is 9.05. The molecule has 1 aliphatic heterocycles. The molecule has 1 saturated heterocycles. The number of hydrogen-bond acceptors (Lipinski definition) is 2. The fourth-order valence-electron chi connectivity index (χ4n) is 4.39. The molecule has 1 aliphatic carbocycles. The Kier molecular flexibility index (Phi) is 4.43. The maximum absolute atomic E-state index is 12.4. The van der Waals surface area contributed by atoms with Gasteiger partial charge in [-0.2, -0.15) is 0 Å². The van der Waals surface area contributed by atoms with E-state index in [0.717, 1.165) is 50.9 Å². The third-order valence-corrected chi connectivity index (χ3v) is 5.71. The third-order valence-electron chi connectivity index (χ3n) is 5.71. The minimum Gasteiger partial charge on any atom is -0.406 e. The van der Waals surface area contributed by atoms with Gasteiger partial charge in [0.1, 0.15) is 5.75 Å². The average Bonchev–Trinajstić information content (AvgIpc) is 2.94. The molecule has 0 unspecified atom stereocenters. The highest BCUT2D eigenvalue weighted by Gasteiger charge is 2.40. The van der Waals surface area contributed by atoms with Gasteiger partial charge in [0.2, 0.25) is 0 Å². The summed E-state index contributed by atoms with van der Waals surface area (Å²) in [5, 5.41) is 0. The fraction of sp³-hybridized carbons (Fsp3) is 0.429. The lowest BCUT2D eigenvalue weighted by Crippen LogP contribution is -2.40. The Hall–Kier alpha value is -2.01. The second-order valence-electron chi connectivity index (χ2n) is 7.59. The van der Waals surface area contributed by atoms with E-state index in [2.05, 4.69) is 33.9 Å². The number of piperidine rings is 1. The number of ether oxygens (including phenoxy) is 1. The highest BCUT2D eigenvalue weighted by molar-refractivity contribution is 5.41. The molecule has 1 heterocycles. The van der Waals surface area contributed by atoms with Crippen molar-refractivity contribution in [3.05, 3.63) is 65.2 Å². The molecular weight excluding hydrogens is 339 g/mol. The summed E-state index contributed by atoms with van der Waals surface area (Å²) in [4.78, 5) is 2.47. The topological polar surface area (TPSA) is 12.5 Å². The maximum atomic E-state index is 12.4. The first-order valence-electron chi connectivity index (χ1n) is 9.05. The molecule has 0 bridgehead atoms. The van der Waals surface area contributed by atoms with Crippen LogP contribution >= 0.6 is 0 Å². The van der Waals surface area contributed by atoms with E-state index < -0.39 is 6.36 Å². The van der Waals surface area contributed by atoms with Gasteiger partial charge in [-0.05, 0) is 73.0 Å². The summed E-state index contributed by atoms with van der Waals surface area (Å²) in [5.41, 5.74) is 3.72. The van der Waals surface area contributed by atoms with E-state index in [1.165, 1.54) is 17.2 Å². The van der Waals surface area contributed by atoms with Crippen LogP contribution < -0.4 is 4.74 Å². The second-order valence-corrected chi connectivity index (χ2v) is 7.59. The van der Waals surface area contributed by atoms with E-state index in [9.17, 15) is 13.2 Å². The molecule has 138 valence electrons. The Bertz CT molecular complexity index is 765. The molecule has 0 saturated carbocycles. The van der Waals surface area contributed by atoms with Crippen LogP contribution in [0.5, 0.6) is 5.75 Å². The van der Waals surface area contributed by atoms with Crippen molar-refractivity contribution >= 4 is 0 Å². The van der Waals surface area contributed by atoms with Gasteiger partial charge in [0.25, 0.3) is 0 Å². The number of hydrogen-bond donors (Lipinski definition) is 0. The van der Waals surface area contributed by atoms with Crippen LogP contribution in [0.3, 0.4) is 0 Å². The third kappa shape index (κ3) is 3.88. The molecule has 1 spiro atoms. The van der Waals surface area contributed by atoms with Crippen LogP contribution in [-0.4, -0.2) is 24.4 Å². The second kappa shape index (κ2) is 6.62. The Morgan fingerprint density at radius 2 is 1.62 bits per heavy atom. The monoisotopic (exact) mass is 361 g/mol. The molecule has 2 aliphatic rings. The average molecular weight is 361 g/mol. The lowest BCUT2D eigenvalue weighted by atomic mass is 9.76. The van der Waals surface area contributed by atoms with Gasteiger partial charge in [0.05, 0.1) is 0 Å². The van der Waals surface area contributed by atoms with Crippen LogP contribution in [0, 0.1) is 5.41 Å².